The van der Waals surface area contributed by atoms with Gasteiger partial charge in [-0.3, -0.25) is 4.79 Å². The first-order chi connectivity index (χ1) is 14.5. The zero-order chi connectivity index (χ0) is 21.1. The molecule has 1 fully saturated rings. The van der Waals surface area contributed by atoms with Gasteiger partial charge in [0.25, 0.3) is 0 Å². The van der Waals surface area contributed by atoms with Crippen molar-refractivity contribution < 1.29 is 4.79 Å². The molecular weight excluding hydrogens is 396 g/mol. The Morgan fingerprint density at radius 1 is 1.17 bits per heavy atom. The van der Waals surface area contributed by atoms with Gasteiger partial charge in [0.2, 0.25) is 11.9 Å². The van der Waals surface area contributed by atoms with E-state index in [1.807, 2.05) is 43.4 Å². The second kappa shape index (κ2) is 9.17. The van der Waals surface area contributed by atoms with Gasteiger partial charge in [-0.25, -0.2) is 9.97 Å². The Balaban J connectivity index is 1.55. The minimum atomic E-state index is 0.160. The van der Waals surface area contributed by atoms with Gasteiger partial charge in [-0.05, 0) is 49.8 Å². The second-order valence-electron chi connectivity index (χ2n) is 8.45. The first-order valence-electron chi connectivity index (χ1n) is 10.8. The summed E-state index contributed by atoms with van der Waals surface area (Å²) in [5.41, 5.74) is 3.13. The lowest BCUT2D eigenvalue weighted by Crippen LogP contribution is -2.41. The summed E-state index contributed by atoms with van der Waals surface area (Å²) in [7, 11) is 3.91. The van der Waals surface area contributed by atoms with E-state index < -0.39 is 0 Å². The van der Waals surface area contributed by atoms with Crippen LogP contribution >= 0.6 is 11.6 Å². The number of anilines is 1. The van der Waals surface area contributed by atoms with Crippen molar-refractivity contribution >= 4 is 23.5 Å². The topological polar surface area (TPSA) is 49.3 Å². The van der Waals surface area contributed by atoms with Crippen molar-refractivity contribution in [2.45, 2.75) is 38.0 Å². The van der Waals surface area contributed by atoms with E-state index in [9.17, 15) is 4.79 Å². The monoisotopic (exact) mass is 424 g/mol. The Hall–Kier alpha value is -2.40. The van der Waals surface area contributed by atoms with Gasteiger partial charge >= 0.3 is 0 Å². The predicted molar refractivity (Wildman–Crippen MR) is 122 cm³/mol. The van der Waals surface area contributed by atoms with Crippen LogP contribution in [0.2, 0.25) is 5.02 Å². The number of benzene rings is 1. The highest BCUT2D eigenvalue weighted by Crippen LogP contribution is 2.36. The number of hydrogen-bond donors (Lipinski definition) is 0. The summed E-state index contributed by atoms with van der Waals surface area (Å²) in [5, 5.41) is 0.706. The Bertz CT molecular complexity index is 935. The number of carbonyl (C=O) groups excluding carboxylic acids is 1. The number of aromatic nitrogens is 2. The van der Waals surface area contributed by atoms with Crippen molar-refractivity contribution in [2.75, 3.05) is 32.1 Å². The Labute approximate surface area is 183 Å². The van der Waals surface area contributed by atoms with Crippen molar-refractivity contribution in [3.8, 4) is 11.1 Å². The number of hydrogen-bond acceptors (Lipinski definition) is 4. The second-order valence-corrected chi connectivity index (χ2v) is 8.89. The van der Waals surface area contributed by atoms with Crippen LogP contribution in [0.25, 0.3) is 11.1 Å². The largest absolute Gasteiger partial charge is 0.347 e. The molecule has 5 nitrogen and oxygen atoms in total. The Kier molecular flexibility index (Phi) is 6.38. The first-order valence-corrected chi connectivity index (χ1v) is 11.1. The fourth-order valence-corrected chi connectivity index (χ4v) is 4.63. The lowest BCUT2D eigenvalue weighted by atomic mass is 9.87. The third-order valence-electron chi connectivity index (χ3n) is 6.15. The summed E-state index contributed by atoms with van der Waals surface area (Å²) >= 11 is 6.24. The molecule has 30 heavy (non-hydrogen) atoms. The molecule has 158 valence electrons. The van der Waals surface area contributed by atoms with Crippen LogP contribution < -0.4 is 4.90 Å². The van der Waals surface area contributed by atoms with Crippen molar-refractivity contribution in [3.63, 3.8) is 0 Å². The van der Waals surface area contributed by atoms with Crippen molar-refractivity contribution in [2.24, 2.45) is 5.92 Å². The van der Waals surface area contributed by atoms with Crippen LogP contribution in [0.4, 0.5) is 5.95 Å². The van der Waals surface area contributed by atoms with Gasteiger partial charge in [-0.15, -0.1) is 0 Å². The SMILES string of the molecule is CN(C)c1ncc(-c2cccc(Cl)c2)c(C2CCN(C(=O)C3CC=CCC3)CC2)n1. The maximum Gasteiger partial charge on any atom is 0.226 e. The number of halogens is 1. The van der Waals surface area contributed by atoms with Gasteiger partial charge in [0.1, 0.15) is 0 Å². The summed E-state index contributed by atoms with van der Waals surface area (Å²) in [6.45, 7) is 1.58. The molecule has 1 aliphatic heterocycles. The lowest BCUT2D eigenvalue weighted by Gasteiger charge is -2.35. The average Bonchev–Trinajstić information content (AvgIpc) is 2.79. The Morgan fingerprint density at radius 2 is 1.97 bits per heavy atom. The summed E-state index contributed by atoms with van der Waals surface area (Å²) < 4.78 is 0. The van der Waals surface area contributed by atoms with E-state index in [2.05, 4.69) is 28.1 Å². The van der Waals surface area contributed by atoms with Gasteiger partial charge in [0, 0.05) is 55.8 Å². The zero-order valence-corrected chi connectivity index (χ0v) is 18.5. The summed E-state index contributed by atoms with van der Waals surface area (Å²) in [5.74, 6) is 1.50. The minimum Gasteiger partial charge on any atom is -0.347 e. The smallest absolute Gasteiger partial charge is 0.226 e. The van der Waals surface area contributed by atoms with Crippen LogP contribution in [-0.2, 0) is 4.79 Å². The zero-order valence-electron chi connectivity index (χ0n) is 17.7. The van der Waals surface area contributed by atoms with Gasteiger partial charge in [-0.1, -0.05) is 35.9 Å². The van der Waals surface area contributed by atoms with E-state index in [0.717, 1.165) is 62.0 Å². The van der Waals surface area contributed by atoms with Gasteiger partial charge in [0.15, 0.2) is 0 Å². The van der Waals surface area contributed by atoms with Gasteiger partial charge < -0.3 is 9.80 Å². The fraction of sp³-hybridized carbons (Fsp3) is 0.458. The number of likely N-dealkylation sites (tertiary alicyclic amines) is 1. The molecule has 1 unspecified atom stereocenters. The molecule has 2 heterocycles. The maximum absolute atomic E-state index is 12.9. The van der Waals surface area contributed by atoms with Crippen LogP contribution in [0, 0.1) is 5.92 Å². The molecule has 2 aliphatic rings. The lowest BCUT2D eigenvalue weighted by molar-refractivity contribution is -0.136. The molecule has 0 bridgehead atoms. The number of allylic oxidation sites excluding steroid dienone is 2. The summed E-state index contributed by atoms with van der Waals surface area (Å²) in [6.07, 6.45) is 11.0. The highest BCUT2D eigenvalue weighted by Gasteiger charge is 2.30. The molecular formula is C24H29ClN4O. The third-order valence-corrected chi connectivity index (χ3v) is 6.39. The van der Waals surface area contributed by atoms with E-state index in [0.29, 0.717) is 22.8 Å². The minimum absolute atomic E-state index is 0.160. The molecule has 0 spiro atoms. The standard InChI is InChI=1S/C24H29ClN4O/c1-28(2)24-26-16-21(19-9-6-10-20(25)15-19)22(27-24)17-11-13-29(14-12-17)23(30)18-7-4-3-5-8-18/h3-4,6,9-10,15-18H,5,7-8,11-14H2,1-2H3. The van der Waals surface area contributed by atoms with Crippen molar-refractivity contribution in [1.82, 2.24) is 14.9 Å². The molecule has 0 N–H and O–H groups in total. The van der Waals surface area contributed by atoms with Crippen molar-refractivity contribution in [1.29, 1.82) is 0 Å². The molecule has 1 saturated heterocycles. The number of nitrogens with zero attached hydrogens (tertiary/aromatic N) is 4. The summed E-state index contributed by atoms with van der Waals surface area (Å²) in [6, 6.07) is 7.86. The van der Waals surface area contributed by atoms with Gasteiger partial charge in [-0.2, -0.15) is 0 Å². The molecule has 1 aromatic carbocycles. The first kappa shape index (κ1) is 20.9. The molecule has 1 aromatic heterocycles. The van der Waals surface area contributed by atoms with Crippen LogP contribution in [0.5, 0.6) is 0 Å². The molecule has 1 atom stereocenters. The average molecular weight is 425 g/mol. The maximum atomic E-state index is 12.9. The van der Waals surface area contributed by atoms with E-state index in [1.165, 1.54) is 0 Å². The third kappa shape index (κ3) is 4.51. The van der Waals surface area contributed by atoms with E-state index in [4.69, 9.17) is 16.6 Å². The molecule has 6 heteroatoms. The number of carbonyl (C=O) groups is 1. The van der Waals surface area contributed by atoms with Crippen molar-refractivity contribution in [3.05, 3.63) is 53.3 Å². The van der Waals surface area contributed by atoms with Crippen LogP contribution in [-0.4, -0.2) is 48.0 Å². The van der Waals surface area contributed by atoms with Crippen LogP contribution in [0.3, 0.4) is 0 Å². The molecule has 2 aromatic rings. The summed E-state index contributed by atoms with van der Waals surface area (Å²) in [4.78, 5) is 26.4. The molecule has 4 rings (SSSR count). The van der Waals surface area contributed by atoms with E-state index in [1.54, 1.807) is 0 Å². The molecule has 1 amide bonds. The normalized spacial score (nSPS) is 19.7. The van der Waals surface area contributed by atoms with Crippen LogP contribution in [0.15, 0.2) is 42.6 Å². The number of piperidine rings is 1. The van der Waals surface area contributed by atoms with E-state index >= 15 is 0 Å². The van der Waals surface area contributed by atoms with E-state index in [-0.39, 0.29) is 5.92 Å². The molecule has 1 aliphatic carbocycles. The van der Waals surface area contributed by atoms with Crippen LogP contribution in [0.1, 0.15) is 43.7 Å². The van der Waals surface area contributed by atoms with Gasteiger partial charge in [0.05, 0.1) is 5.69 Å². The molecule has 0 radical (unpaired) electrons. The quantitative estimate of drug-likeness (QED) is 0.653. The predicted octanol–water partition coefficient (Wildman–Crippen LogP) is 4.93. The number of rotatable bonds is 4. The fourth-order valence-electron chi connectivity index (χ4n) is 4.44. The number of amides is 1. The highest BCUT2D eigenvalue weighted by molar-refractivity contribution is 6.30. The highest BCUT2D eigenvalue weighted by atomic mass is 35.5. The Morgan fingerprint density at radius 3 is 2.63 bits per heavy atom. The molecule has 0 saturated carbocycles.